The van der Waals surface area contributed by atoms with Crippen molar-refractivity contribution in [3.63, 3.8) is 0 Å². The van der Waals surface area contributed by atoms with Crippen LogP contribution in [0.3, 0.4) is 0 Å². The van der Waals surface area contributed by atoms with Crippen LogP contribution in [-0.2, 0) is 10.8 Å². The summed E-state index contributed by atoms with van der Waals surface area (Å²) in [6.07, 6.45) is 0.989. The highest BCUT2D eigenvalue weighted by Crippen LogP contribution is 2.55. The number of phenols is 2. The molecule has 1 unspecified atom stereocenters. The maximum absolute atomic E-state index is 10.1. The Morgan fingerprint density at radius 1 is 0.826 bits per heavy atom. The average molecular weight is 310 g/mol. The molecule has 0 amide bonds. The molecule has 0 radical (unpaired) electrons. The third kappa shape index (κ3) is 2.23. The lowest BCUT2D eigenvalue weighted by molar-refractivity contribution is 0.421. The van der Waals surface area contributed by atoms with Gasteiger partial charge in [-0.15, -0.1) is 0 Å². The van der Waals surface area contributed by atoms with Gasteiger partial charge in [0.2, 0.25) is 0 Å². The molecule has 23 heavy (non-hydrogen) atoms. The van der Waals surface area contributed by atoms with Gasteiger partial charge in [0.1, 0.15) is 11.5 Å². The number of hydrogen-bond donors (Lipinski definition) is 2. The van der Waals surface area contributed by atoms with Gasteiger partial charge in [-0.05, 0) is 78.1 Å². The fourth-order valence-electron chi connectivity index (χ4n) is 4.62. The molecule has 2 N–H and O–H groups in total. The molecule has 122 valence electrons. The topological polar surface area (TPSA) is 40.5 Å². The van der Waals surface area contributed by atoms with E-state index in [0.717, 1.165) is 23.1 Å². The molecule has 0 saturated heterocycles. The van der Waals surface area contributed by atoms with Crippen LogP contribution in [0.4, 0.5) is 0 Å². The zero-order chi connectivity index (χ0) is 17.2. The van der Waals surface area contributed by atoms with Crippen LogP contribution in [0.25, 0.3) is 0 Å². The lowest BCUT2D eigenvalue weighted by Gasteiger charge is -2.30. The van der Waals surface area contributed by atoms with Gasteiger partial charge < -0.3 is 10.2 Å². The number of hydrogen-bond acceptors (Lipinski definition) is 2. The van der Waals surface area contributed by atoms with Crippen LogP contribution >= 0.6 is 0 Å². The van der Waals surface area contributed by atoms with Gasteiger partial charge in [-0.1, -0.05) is 32.9 Å². The molecule has 0 aliphatic heterocycles. The van der Waals surface area contributed by atoms with Gasteiger partial charge in [0.25, 0.3) is 0 Å². The summed E-state index contributed by atoms with van der Waals surface area (Å²) in [4.78, 5) is 0. The summed E-state index contributed by atoms with van der Waals surface area (Å²) < 4.78 is 0. The van der Waals surface area contributed by atoms with Crippen LogP contribution in [0, 0.1) is 20.8 Å². The van der Waals surface area contributed by atoms with Gasteiger partial charge in [-0.25, -0.2) is 0 Å². The molecule has 2 heteroatoms. The summed E-state index contributed by atoms with van der Waals surface area (Å²) in [6, 6.07) is 8.01. The van der Waals surface area contributed by atoms with Gasteiger partial charge >= 0.3 is 0 Å². The Labute approximate surface area is 138 Å². The highest BCUT2D eigenvalue weighted by atomic mass is 16.3. The maximum Gasteiger partial charge on any atom is 0.121 e. The largest absolute Gasteiger partial charge is 0.508 e. The Kier molecular flexibility index (Phi) is 3.30. The van der Waals surface area contributed by atoms with Crippen LogP contribution in [0.5, 0.6) is 11.5 Å². The van der Waals surface area contributed by atoms with Crippen LogP contribution in [0.15, 0.2) is 24.3 Å². The predicted octanol–water partition coefficient (Wildman–Crippen LogP) is 5.01. The number of fused-ring (bicyclic) bond motifs is 1. The number of aryl methyl sites for hydroxylation is 3. The zero-order valence-electron chi connectivity index (χ0n) is 14.9. The maximum atomic E-state index is 10.1. The Balaban J connectivity index is 2.31. The van der Waals surface area contributed by atoms with E-state index < -0.39 is 0 Å². The van der Waals surface area contributed by atoms with Crippen molar-refractivity contribution < 1.29 is 10.2 Å². The van der Waals surface area contributed by atoms with Gasteiger partial charge in [-0.3, -0.25) is 0 Å². The van der Waals surface area contributed by atoms with Crippen molar-refractivity contribution in [3.8, 4) is 11.5 Å². The summed E-state index contributed by atoms with van der Waals surface area (Å²) in [5.74, 6) is 0.730. The van der Waals surface area contributed by atoms with E-state index in [1.54, 1.807) is 0 Å². The Morgan fingerprint density at radius 3 is 1.96 bits per heavy atom. The second-order valence-corrected chi connectivity index (χ2v) is 8.04. The van der Waals surface area contributed by atoms with Crippen molar-refractivity contribution in [2.45, 2.75) is 58.8 Å². The van der Waals surface area contributed by atoms with E-state index in [2.05, 4.69) is 39.8 Å². The normalized spacial score (nSPS) is 22.2. The summed E-state index contributed by atoms with van der Waals surface area (Å²) in [5.41, 5.74) is 6.67. The lowest BCUT2D eigenvalue weighted by atomic mass is 9.73. The Morgan fingerprint density at radius 2 is 1.39 bits per heavy atom. The molecular weight excluding hydrogens is 284 g/mol. The molecule has 3 rings (SSSR count). The summed E-state index contributed by atoms with van der Waals surface area (Å²) in [7, 11) is 0. The molecule has 1 aliphatic carbocycles. The van der Waals surface area contributed by atoms with Gasteiger partial charge in [0.15, 0.2) is 0 Å². The Hall–Kier alpha value is -1.96. The van der Waals surface area contributed by atoms with Crippen molar-refractivity contribution in [1.29, 1.82) is 0 Å². The summed E-state index contributed by atoms with van der Waals surface area (Å²) in [6.45, 7) is 12.8. The monoisotopic (exact) mass is 310 g/mol. The van der Waals surface area contributed by atoms with Crippen LogP contribution in [-0.4, -0.2) is 10.2 Å². The number of aromatic hydroxyl groups is 2. The van der Waals surface area contributed by atoms with E-state index in [9.17, 15) is 10.2 Å². The first kappa shape index (κ1) is 15.9. The fourth-order valence-corrected chi connectivity index (χ4v) is 4.62. The van der Waals surface area contributed by atoms with E-state index in [1.807, 2.05) is 26.0 Å². The van der Waals surface area contributed by atoms with Crippen molar-refractivity contribution >= 4 is 0 Å². The van der Waals surface area contributed by atoms with E-state index in [1.165, 1.54) is 16.7 Å². The first-order valence-electron chi connectivity index (χ1n) is 8.21. The molecule has 2 aromatic rings. The second kappa shape index (κ2) is 4.77. The minimum atomic E-state index is -0.111. The highest BCUT2D eigenvalue weighted by molar-refractivity contribution is 5.59. The van der Waals surface area contributed by atoms with Crippen molar-refractivity contribution in [2.24, 2.45) is 0 Å². The summed E-state index contributed by atoms with van der Waals surface area (Å²) >= 11 is 0. The smallest absolute Gasteiger partial charge is 0.121 e. The molecular formula is C21H26O2. The minimum Gasteiger partial charge on any atom is -0.508 e. The predicted molar refractivity (Wildman–Crippen MR) is 94.5 cm³/mol. The molecule has 2 aromatic carbocycles. The fraction of sp³-hybridized carbons (Fsp3) is 0.429. The standard InChI is InChI=1S/C21H26O2/c1-12-9-16(22)10-17-18(12)21(6,11-20(17,4)5)15-7-13(2)19(23)14(3)8-15/h7-10,22-23H,11H2,1-6H3. The lowest BCUT2D eigenvalue weighted by Crippen LogP contribution is -2.24. The molecule has 0 bridgehead atoms. The van der Waals surface area contributed by atoms with Crippen LogP contribution in [0.2, 0.25) is 0 Å². The van der Waals surface area contributed by atoms with Crippen molar-refractivity contribution in [2.75, 3.05) is 0 Å². The number of benzene rings is 2. The highest BCUT2D eigenvalue weighted by Gasteiger charge is 2.47. The quantitative estimate of drug-likeness (QED) is 0.777. The van der Waals surface area contributed by atoms with Crippen LogP contribution in [0.1, 0.15) is 60.6 Å². The van der Waals surface area contributed by atoms with E-state index >= 15 is 0 Å². The molecule has 0 heterocycles. The van der Waals surface area contributed by atoms with Crippen LogP contribution < -0.4 is 0 Å². The first-order chi connectivity index (χ1) is 10.6. The van der Waals surface area contributed by atoms with Crippen molar-refractivity contribution in [3.05, 3.63) is 57.6 Å². The van der Waals surface area contributed by atoms with Gasteiger partial charge in [-0.2, -0.15) is 0 Å². The third-order valence-corrected chi connectivity index (χ3v) is 5.52. The van der Waals surface area contributed by atoms with Crippen molar-refractivity contribution in [1.82, 2.24) is 0 Å². The van der Waals surface area contributed by atoms with E-state index in [4.69, 9.17) is 0 Å². The molecule has 0 aromatic heterocycles. The molecule has 2 nitrogen and oxygen atoms in total. The summed E-state index contributed by atoms with van der Waals surface area (Å²) in [5, 5.41) is 20.2. The first-order valence-corrected chi connectivity index (χ1v) is 8.21. The van der Waals surface area contributed by atoms with E-state index in [0.29, 0.717) is 11.5 Å². The molecule has 0 spiro atoms. The second-order valence-electron chi connectivity index (χ2n) is 8.04. The molecule has 0 saturated carbocycles. The Bertz CT molecular complexity index is 779. The SMILES string of the molecule is Cc1cc(C2(C)CC(C)(C)c3cc(O)cc(C)c32)cc(C)c1O. The van der Waals surface area contributed by atoms with Gasteiger partial charge in [0.05, 0.1) is 0 Å². The average Bonchev–Trinajstić information content (AvgIpc) is 2.63. The third-order valence-electron chi connectivity index (χ3n) is 5.52. The number of rotatable bonds is 1. The van der Waals surface area contributed by atoms with E-state index in [-0.39, 0.29) is 10.8 Å². The zero-order valence-corrected chi connectivity index (χ0v) is 14.9. The minimum absolute atomic E-state index is 0.00722. The molecule has 0 fully saturated rings. The van der Waals surface area contributed by atoms with Gasteiger partial charge in [0, 0.05) is 5.41 Å². The number of phenolic OH excluding ortho intramolecular Hbond substituents is 2. The molecule has 1 atom stereocenters. The molecule has 1 aliphatic rings.